The molecule has 4 heterocycles. The fraction of sp³-hybridized carbons (Fsp3) is 0.280. The number of nitrogens with one attached hydrogen (secondary N) is 3. The Kier molecular flexibility index (Phi) is 6.91. The molecule has 9 heteroatoms. The fourth-order valence-electron chi connectivity index (χ4n) is 4.12. The normalized spacial score (nSPS) is 19.6. The highest BCUT2D eigenvalue weighted by molar-refractivity contribution is 6.06. The third-order valence-corrected chi connectivity index (χ3v) is 5.65. The van der Waals surface area contributed by atoms with Crippen molar-refractivity contribution >= 4 is 28.9 Å². The average molecular weight is 456 g/mol. The maximum atomic E-state index is 8.06. The molecule has 1 aliphatic rings. The van der Waals surface area contributed by atoms with Gasteiger partial charge in [0.15, 0.2) is 0 Å². The van der Waals surface area contributed by atoms with Gasteiger partial charge in [0.2, 0.25) is 0 Å². The number of hydrazone groups is 1. The van der Waals surface area contributed by atoms with Crippen molar-refractivity contribution in [3.63, 3.8) is 0 Å². The number of aromatic nitrogens is 4. The van der Waals surface area contributed by atoms with E-state index in [1.807, 2.05) is 31.2 Å². The Morgan fingerprint density at radius 2 is 1.74 bits per heavy atom. The first-order valence-electron chi connectivity index (χ1n) is 11.2. The summed E-state index contributed by atoms with van der Waals surface area (Å²) in [6.07, 6.45) is 10.2. The van der Waals surface area contributed by atoms with Crippen LogP contribution in [0, 0.1) is 11.3 Å². The van der Waals surface area contributed by atoms with Gasteiger partial charge in [-0.15, -0.1) is 0 Å². The summed E-state index contributed by atoms with van der Waals surface area (Å²) in [6.45, 7) is 5.69. The van der Waals surface area contributed by atoms with E-state index >= 15 is 0 Å². The van der Waals surface area contributed by atoms with Gasteiger partial charge in [-0.05, 0) is 50.1 Å². The number of nitrogens with two attached hydrogens (primary N) is 1. The van der Waals surface area contributed by atoms with E-state index in [-0.39, 0.29) is 12.1 Å². The predicted molar refractivity (Wildman–Crippen MR) is 136 cm³/mol. The molecule has 2 atom stereocenters. The van der Waals surface area contributed by atoms with Gasteiger partial charge in [0, 0.05) is 53.3 Å². The summed E-state index contributed by atoms with van der Waals surface area (Å²) in [5.74, 6) is 0.279. The topological polar surface area (TPSA) is 141 Å². The van der Waals surface area contributed by atoms with Crippen LogP contribution in [0.15, 0.2) is 59.1 Å². The predicted octanol–water partition coefficient (Wildman–Crippen LogP) is 1.96. The van der Waals surface area contributed by atoms with Gasteiger partial charge in [0.1, 0.15) is 6.17 Å². The molecule has 3 aromatic rings. The Morgan fingerprint density at radius 1 is 1.09 bits per heavy atom. The van der Waals surface area contributed by atoms with E-state index in [0.717, 1.165) is 45.1 Å². The SMILES string of the molecule is CC/C(CC(C)=N)=c1/[nH]nc(-c2ccncc2)/c1=C/C1C(c2ccncc2)=NNC1/N=C(/C)N. The van der Waals surface area contributed by atoms with Crippen LogP contribution in [0.2, 0.25) is 0 Å². The maximum absolute atomic E-state index is 8.06. The van der Waals surface area contributed by atoms with Gasteiger partial charge in [-0.25, -0.2) is 4.99 Å². The Labute approximate surface area is 198 Å². The van der Waals surface area contributed by atoms with Crippen molar-refractivity contribution in [3.8, 4) is 11.3 Å². The molecule has 5 N–H and O–H groups in total. The second-order valence-corrected chi connectivity index (χ2v) is 8.28. The second-order valence-electron chi connectivity index (χ2n) is 8.28. The number of aliphatic imine (C=N–C) groups is 1. The lowest BCUT2D eigenvalue weighted by Crippen LogP contribution is -2.34. The van der Waals surface area contributed by atoms with E-state index in [0.29, 0.717) is 18.0 Å². The molecule has 0 fully saturated rings. The Hall–Kier alpha value is -4.14. The largest absolute Gasteiger partial charge is 0.388 e. The molecule has 0 saturated heterocycles. The van der Waals surface area contributed by atoms with E-state index < -0.39 is 0 Å². The van der Waals surface area contributed by atoms with Crippen molar-refractivity contribution in [2.24, 2.45) is 21.7 Å². The minimum Gasteiger partial charge on any atom is -0.388 e. The molecule has 1 aliphatic heterocycles. The van der Waals surface area contributed by atoms with E-state index in [9.17, 15) is 0 Å². The lowest BCUT2D eigenvalue weighted by Gasteiger charge is -2.14. The van der Waals surface area contributed by atoms with Gasteiger partial charge < -0.3 is 11.1 Å². The molecule has 0 amide bonds. The van der Waals surface area contributed by atoms with Crippen LogP contribution in [0.1, 0.15) is 39.2 Å². The number of nitrogens with zero attached hydrogens (tertiary/aromatic N) is 5. The van der Waals surface area contributed by atoms with Crippen molar-refractivity contribution in [2.75, 3.05) is 0 Å². The minimum absolute atomic E-state index is 0.197. The maximum Gasteiger partial charge on any atom is 0.148 e. The minimum atomic E-state index is -0.351. The van der Waals surface area contributed by atoms with Crippen LogP contribution >= 0.6 is 0 Å². The highest BCUT2D eigenvalue weighted by Crippen LogP contribution is 2.22. The summed E-state index contributed by atoms with van der Waals surface area (Å²) in [4.78, 5) is 12.9. The number of H-pyrrole nitrogens is 1. The van der Waals surface area contributed by atoms with E-state index in [1.165, 1.54) is 0 Å². The summed E-state index contributed by atoms with van der Waals surface area (Å²) in [6, 6.07) is 7.75. The van der Waals surface area contributed by atoms with Crippen LogP contribution in [-0.4, -0.2) is 43.6 Å². The number of amidine groups is 1. The molecular weight excluding hydrogens is 426 g/mol. The first-order valence-corrected chi connectivity index (χ1v) is 11.2. The molecule has 9 nitrogen and oxygen atoms in total. The first-order chi connectivity index (χ1) is 16.5. The number of pyridine rings is 2. The fourth-order valence-corrected chi connectivity index (χ4v) is 4.12. The third-order valence-electron chi connectivity index (χ3n) is 5.65. The summed E-state index contributed by atoms with van der Waals surface area (Å²) in [5.41, 5.74) is 14.4. The average Bonchev–Trinajstić information content (AvgIpc) is 3.43. The van der Waals surface area contributed by atoms with Gasteiger partial charge in [-0.3, -0.25) is 20.5 Å². The Balaban J connectivity index is 1.98. The van der Waals surface area contributed by atoms with Gasteiger partial charge in [-0.2, -0.15) is 10.2 Å². The van der Waals surface area contributed by atoms with E-state index in [1.54, 1.807) is 31.7 Å². The van der Waals surface area contributed by atoms with Gasteiger partial charge in [0.05, 0.1) is 28.5 Å². The van der Waals surface area contributed by atoms with E-state index in [2.05, 4.69) is 48.7 Å². The van der Waals surface area contributed by atoms with Gasteiger partial charge in [0.25, 0.3) is 0 Å². The molecule has 3 aromatic heterocycles. The van der Waals surface area contributed by atoms with Crippen molar-refractivity contribution in [1.82, 2.24) is 25.6 Å². The quantitative estimate of drug-likeness (QED) is 0.318. The zero-order valence-corrected chi connectivity index (χ0v) is 19.6. The number of rotatable bonds is 7. The van der Waals surface area contributed by atoms with Crippen LogP contribution in [-0.2, 0) is 0 Å². The summed E-state index contributed by atoms with van der Waals surface area (Å²) in [5, 5.41) is 22.5. The molecule has 0 spiro atoms. The molecule has 0 aromatic carbocycles. The molecule has 0 radical (unpaired) electrons. The molecule has 0 aliphatic carbocycles. The second kappa shape index (κ2) is 10.2. The molecular formula is C25H29N9. The number of hydrogen-bond acceptors (Lipinski definition) is 7. The Morgan fingerprint density at radius 3 is 2.32 bits per heavy atom. The Bertz CT molecular complexity index is 1330. The summed E-state index contributed by atoms with van der Waals surface area (Å²) in [7, 11) is 0. The highest BCUT2D eigenvalue weighted by Gasteiger charge is 2.31. The first kappa shape index (κ1) is 23.0. The molecule has 4 rings (SSSR count). The highest BCUT2D eigenvalue weighted by atomic mass is 15.4. The van der Waals surface area contributed by atoms with Crippen molar-refractivity contribution < 1.29 is 0 Å². The monoisotopic (exact) mass is 455 g/mol. The van der Waals surface area contributed by atoms with Crippen LogP contribution in [0.4, 0.5) is 0 Å². The zero-order valence-electron chi connectivity index (χ0n) is 19.6. The smallest absolute Gasteiger partial charge is 0.148 e. The molecule has 34 heavy (non-hydrogen) atoms. The van der Waals surface area contributed by atoms with E-state index in [4.69, 9.17) is 11.1 Å². The molecule has 174 valence electrons. The lowest BCUT2D eigenvalue weighted by atomic mass is 9.93. The zero-order chi connectivity index (χ0) is 24.1. The van der Waals surface area contributed by atoms with Crippen LogP contribution in [0.5, 0.6) is 0 Å². The number of hydrogen-bond donors (Lipinski definition) is 4. The van der Waals surface area contributed by atoms with Crippen LogP contribution < -0.4 is 21.7 Å². The lowest BCUT2D eigenvalue weighted by molar-refractivity contribution is 0.563. The summed E-state index contributed by atoms with van der Waals surface area (Å²) < 4.78 is 0. The van der Waals surface area contributed by atoms with Crippen LogP contribution in [0.3, 0.4) is 0 Å². The standard InChI is InChI=1S/C25H29N9/c1-4-17(13-15(2)26)22-20(23(32-31-22)18-5-9-28-10-6-18)14-21-24(19-7-11-29-12-8-19)33-34-25(21)30-16(3)27/h5-12,14,21,25-26,31,34H,4,13H2,1-3H3,(H2,27,30)/b20-14+,22-17-,26-15?. The van der Waals surface area contributed by atoms with Gasteiger partial charge >= 0.3 is 0 Å². The third kappa shape index (κ3) is 4.93. The summed E-state index contributed by atoms with van der Waals surface area (Å²) >= 11 is 0. The van der Waals surface area contributed by atoms with Crippen molar-refractivity contribution in [2.45, 2.75) is 39.8 Å². The molecule has 2 unspecified atom stereocenters. The number of aromatic amines is 1. The van der Waals surface area contributed by atoms with Crippen molar-refractivity contribution in [3.05, 3.63) is 65.2 Å². The van der Waals surface area contributed by atoms with Gasteiger partial charge in [-0.1, -0.05) is 13.0 Å². The molecule has 0 bridgehead atoms. The molecule has 0 saturated carbocycles. The van der Waals surface area contributed by atoms with Crippen molar-refractivity contribution in [1.29, 1.82) is 5.41 Å². The van der Waals surface area contributed by atoms with Crippen LogP contribution in [0.25, 0.3) is 22.9 Å².